The zero-order chi connectivity index (χ0) is 13.1. The molecule has 1 rings (SSSR count). The number of primary sulfonamides is 1. The Labute approximate surface area is 99.7 Å². The highest BCUT2D eigenvalue weighted by Crippen LogP contribution is 2.16. The van der Waals surface area contributed by atoms with Gasteiger partial charge in [0.05, 0.1) is 11.4 Å². The lowest BCUT2D eigenvalue weighted by Crippen LogP contribution is -2.23. The van der Waals surface area contributed by atoms with Gasteiger partial charge in [-0.25, -0.2) is 13.6 Å². The van der Waals surface area contributed by atoms with Crippen LogP contribution < -0.4 is 10.5 Å². The van der Waals surface area contributed by atoms with Crippen molar-refractivity contribution in [3.8, 4) is 6.07 Å². The number of rotatable bonds is 4. The number of nitriles is 1. The molecule has 0 bridgehead atoms. The molecule has 0 aromatic carbocycles. The second-order valence-corrected chi connectivity index (χ2v) is 5.27. The largest absolute Gasteiger partial charge is 0.366 e. The van der Waals surface area contributed by atoms with Crippen LogP contribution in [0, 0.1) is 25.2 Å². The number of nitrogens with one attached hydrogen (secondary N) is 1. The highest BCUT2D eigenvalue weighted by molar-refractivity contribution is 7.89. The quantitative estimate of drug-likeness (QED) is 0.759. The highest BCUT2D eigenvalue weighted by Gasteiger charge is 2.11. The smallest absolute Gasteiger partial charge is 0.210 e. The SMILES string of the molecule is Cc1nnc(NCCS(N)(=O)=O)c(C#N)c1C. The van der Waals surface area contributed by atoms with Crippen molar-refractivity contribution in [3.05, 3.63) is 16.8 Å². The molecule has 0 radical (unpaired) electrons. The van der Waals surface area contributed by atoms with Gasteiger partial charge in [0.2, 0.25) is 10.0 Å². The summed E-state index contributed by atoms with van der Waals surface area (Å²) in [5, 5.41) is 24.2. The van der Waals surface area contributed by atoms with Gasteiger partial charge in [0.1, 0.15) is 11.6 Å². The minimum atomic E-state index is -3.53. The van der Waals surface area contributed by atoms with E-state index in [1.807, 2.05) is 6.07 Å². The molecule has 0 amide bonds. The van der Waals surface area contributed by atoms with Gasteiger partial charge in [0.25, 0.3) is 0 Å². The van der Waals surface area contributed by atoms with Gasteiger partial charge in [-0.1, -0.05) is 0 Å². The highest BCUT2D eigenvalue weighted by atomic mass is 32.2. The maximum atomic E-state index is 10.7. The van der Waals surface area contributed by atoms with Gasteiger partial charge in [-0.3, -0.25) is 0 Å². The fourth-order valence-corrected chi connectivity index (χ4v) is 1.57. The summed E-state index contributed by atoms with van der Waals surface area (Å²) in [5.74, 6) is 0.0474. The van der Waals surface area contributed by atoms with Crippen LogP contribution in [-0.4, -0.2) is 30.9 Å². The van der Waals surface area contributed by atoms with Gasteiger partial charge >= 0.3 is 0 Å². The van der Waals surface area contributed by atoms with E-state index in [9.17, 15) is 8.42 Å². The van der Waals surface area contributed by atoms with Crippen LogP contribution in [0.3, 0.4) is 0 Å². The molecule has 17 heavy (non-hydrogen) atoms. The number of sulfonamides is 1. The van der Waals surface area contributed by atoms with Crippen LogP contribution in [0.4, 0.5) is 5.82 Å². The van der Waals surface area contributed by atoms with Crippen molar-refractivity contribution in [2.45, 2.75) is 13.8 Å². The molecule has 0 aliphatic heterocycles. The van der Waals surface area contributed by atoms with E-state index < -0.39 is 10.0 Å². The third kappa shape index (κ3) is 3.65. The number of hydrogen-bond donors (Lipinski definition) is 2. The van der Waals surface area contributed by atoms with Crippen LogP contribution in [0.15, 0.2) is 0 Å². The summed E-state index contributed by atoms with van der Waals surface area (Å²) >= 11 is 0. The van der Waals surface area contributed by atoms with Crippen LogP contribution in [0.2, 0.25) is 0 Å². The van der Waals surface area contributed by atoms with Crippen molar-refractivity contribution in [1.82, 2.24) is 10.2 Å². The second-order valence-electron chi connectivity index (χ2n) is 3.54. The lowest BCUT2D eigenvalue weighted by atomic mass is 10.1. The van der Waals surface area contributed by atoms with Gasteiger partial charge in [0, 0.05) is 6.54 Å². The summed E-state index contributed by atoms with van der Waals surface area (Å²) < 4.78 is 21.5. The summed E-state index contributed by atoms with van der Waals surface area (Å²) in [5.41, 5.74) is 1.76. The Morgan fingerprint density at radius 2 is 2.06 bits per heavy atom. The molecule has 92 valence electrons. The van der Waals surface area contributed by atoms with E-state index in [1.54, 1.807) is 13.8 Å². The fourth-order valence-electron chi connectivity index (χ4n) is 1.18. The molecule has 1 aromatic heterocycles. The number of nitrogens with zero attached hydrogens (tertiary/aromatic N) is 3. The molecule has 0 saturated carbocycles. The number of nitrogens with two attached hydrogens (primary N) is 1. The Hall–Kier alpha value is -1.72. The molecular formula is C9H13N5O2S. The van der Waals surface area contributed by atoms with E-state index in [1.165, 1.54) is 0 Å². The normalized spacial score (nSPS) is 10.9. The maximum Gasteiger partial charge on any atom is 0.210 e. The summed E-state index contributed by atoms with van der Waals surface area (Å²) in [6, 6.07) is 2.01. The third-order valence-electron chi connectivity index (χ3n) is 2.25. The number of aromatic nitrogens is 2. The Morgan fingerprint density at radius 3 is 2.59 bits per heavy atom. The van der Waals surface area contributed by atoms with Gasteiger partial charge in [0.15, 0.2) is 5.82 Å². The summed E-state index contributed by atoms with van der Waals surface area (Å²) in [6.45, 7) is 3.59. The second kappa shape index (κ2) is 5.07. The van der Waals surface area contributed by atoms with Crippen LogP contribution in [-0.2, 0) is 10.0 Å². The molecule has 1 heterocycles. The number of aryl methyl sites for hydroxylation is 1. The van der Waals surface area contributed by atoms with Crippen molar-refractivity contribution in [1.29, 1.82) is 5.26 Å². The topological polar surface area (TPSA) is 122 Å². The minimum absolute atomic E-state index is 0.0880. The summed E-state index contributed by atoms with van der Waals surface area (Å²) in [4.78, 5) is 0. The zero-order valence-electron chi connectivity index (χ0n) is 9.56. The molecule has 0 aliphatic carbocycles. The van der Waals surface area contributed by atoms with Gasteiger partial charge in [-0.2, -0.15) is 10.4 Å². The van der Waals surface area contributed by atoms with Crippen LogP contribution in [0.1, 0.15) is 16.8 Å². The molecule has 0 fully saturated rings. The first-order valence-corrected chi connectivity index (χ1v) is 6.55. The minimum Gasteiger partial charge on any atom is -0.366 e. The van der Waals surface area contributed by atoms with Crippen LogP contribution in [0.25, 0.3) is 0 Å². The molecule has 0 saturated heterocycles. The Kier molecular flexibility index (Phi) is 3.98. The van der Waals surface area contributed by atoms with Gasteiger partial charge in [-0.05, 0) is 19.4 Å². The van der Waals surface area contributed by atoms with E-state index >= 15 is 0 Å². The van der Waals surface area contributed by atoms with E-state index in [-0.39, 0.29) is 18.1 Å². The van der Waals surface area contributed by atoms with Crippen molar-refractivity contribution in [2.24, 2.45) is 5.14 Å². The first-order chi connectivity index (χ1) is 7.85. The summed E-state index contributed by atoms with van der Waals surface area (Å²) in [6.07, 6.45) is 0. The molecule has 0 spiro atoms. The third-order valence-corrected chi connectivity index (χ3v) is 3.02. The fraction of sp³-hybridized carbons (Fsp3) is 0.444. The average molecular weight is 255 g/mol. The molecule has 0 aliphatic rings. The molecule has 3 N–H and O–H groups in total. The number of hydrogen-bond acceptors (Lipinski definition) is 6. The lowest BCUT2D eigenvalue weighted by Gasteiger charge is -2.08. The summed E-state index contributed by atoms with van der Waals surface area (Å²) in [7, 11) is -3.53. The van der Waals surface area contributed by atoms with Crippen molar-refractivity contribution < 1.29 is 8.42 Å². The van der Waals surface area contributed by atoms with Crippen LogP contribution in [0.5, 0.6) is 0 Å². The van der Waals surface area contributed by atoms with Crippen molar-refractivity contribution in [2.75, 3.05) is 17.6 Å². The first kappa shape index (κ1) is 13.3. The van der Waals surface area contributed by atoms with Crippen LogP contribution >= 0.6 is 0 Å². The van der Waals surface area contributed by atoms with Crippen molar-refractivity contribution in [3.63, 3.8) is 0 Å². The molecule has 1 aromatic rings. The van der Waals surface area contributed by atoms with Gasteiger partial charge in [-0.15, -0.1) is 5.10 Å². The molecule has 0 unspecified atom stereocenters. The number of anilines is 1. The Bertz CT molecular complexity index is 561. The molecular weight excluding hydrogens is 242 g/mol. The van der Waals surface area contributed by atoms with E-state index in [0.717, 1.165) is 5.56 Å². The predicted molar refractivity (Wildman–Crippen MR) is 62.7 cm³/mol. The van der Waals surface area contributed by atoms with E-state index in [4.69, 9.17) is 10.4 Å². The van der Waals surface area contributed by atoms with Gasteiger partial charge < -0.3 is 5.32 Å². The Balaban J connectivity index is 2.86. The Morgan fingerprint density at radius 1 is 1.41 bits per heavy atom. The molecule has 8 heteroatoms. The van der Waals surface area contributed by atoms with E-state index in [2.05, 4.69) is 15.5 Å². The maximum absolute atomic E-state index is 10.7. The molecule has 0 atom stereocenters. The predicted octanol–water partition coefficient (Wildman–Crippen LogP) is -0.334. The average Bonchev–Trinajstić information content (AvgIpc) is 2.22. The standard InChI is InChI=1S/C9H13N5O2S/c1-6-7(2)13-14-9(8(6)5-10)12-3-4-17(11,15)16/h3-4H2,1-2H3,(H,12,14)(H2,11,15,16). The zero-order valence-corrected chi connectivity index (χ0v) is 10.4. The molecule has 7 nitrogen and oxygen atoms in total. The van der Waals surface area contributed by atoms with Crippen molar-refractivity contribution >= 4 is 15.8 Å². The monoisotopic (exact) mass is 255 g/mol. The lowest BCUT2D eigenvalue weighted by molar-refractivity contribution is 0.598. The van der Waals surface area contributed by atoms with E-state index in [0.29, 0.717) is 11.3 Å². The first-order valence-electron chi connectivity index (χ1n) is 4.83.